The number of hydrogen-bond donors (Lipinski definition) is 1. The van der Waals surface area contributed by atoms with Gasteiger partial charge in [-0.3, -0.25) is 0 Å². The molecule has 0 aliphatic heterocycles. The summed E-state index contributed by atoms with van der Waals surface area (Å²) in [6.07, 6.45) is 1.09. The van der Waals surface area contributed by atoms with Crippen molar-refractivity contribution >= 4 is 0 Å². The summed E-state index contributed by atoms with van der Waals surface area (Å²) >= 11 is 0. The van der Waals surface area contributed by atoms with Crippen molar-refractivity contribution in [3.63, 3.8) is 0 Å². The highest BCUT2D eigenvalue weighted by atomic mass is 16.5. The smallest absolute Gasteiger partial charge is 0.123 e. The molecule has 0 aliphatic carbocycles. The van der Waals surface area contributed by atoms with Crippen LogP contribution in [-0.2, 0) is 13.1 Å². The Kier molecular flexibility index (Phi) is 6.29. The number of ether oxygens (including phenoxy) is 1. The number of para-hydroxylation sites is 1. The van der Waals surface area contributed by atoms with Gasteiger partial charge in [0.15, 0.2) is 0 Å². The third-order valence-corrected chi connectivity index (χ3v) is 3.41. The first kappa shape index (κ1) is 15.6. The Balaban J connectivity index is 1.84. The molecule has 2 aromatic carbocycles. The third-order valence-electron chi connectivity index (χ3n) is 3.41. The summed E-state index contributed by atoms with van der Waals surface area (Å²) in [5.74, 6) is 1.67. The lowest BCUT2D eigenvalue weighted by molar-refractivity contribution is 0.286. The number of benzene rings is 2. The van der Waals surface area contributed by atoms with E-state index in [2.05, 4.69) is 61.6 Å². The van der Waals surface area contributed by atoms with Gasteiger partial charge in [0.25, 0.3) is 0 Å². The summed E-state index contributed by atoms with van der Waals surface area (Å²) in [7, 11) is 0. The van der Waals surface area contributed by atoms with Gasteiger partial charge in [0.2, 0.25) is 0 Å². The molecule has 2 rings (SSSR count). The van der Waals surface area contributed by atoms with Crippen LogP contribution in [-0.4, -0.2) is 6.61 Å². The number of rotatable bonds is 8. The fourth-order valence-electron chi connectivity index (χ4n) is 2.13. The topological polar surface area (TPSA) is 21.3 Å². The summed E-state index contributed by atoms with van der Waals surface area (Å²) in [4.78, 5) is 0. The van der Waals surface area contributed by atoms with Gasteiger partial charge in [-0.05, 0) is 24.0 Å². The van der Waals surface area contributed by atoms with Crippen molar-refractivity contribution < 1.29 is 4.74 Å². The molecule has 0 saturated carbocycles. The fourth-order valence-corrected chi connectivity index (χ4v) is 2.13. The van der Waals surface area contributed by atoms with E-state index in [1.54, 1.807) is 0 Å². The summed E-state index contributed by atoms with van der Waals surface area (Å²) in [6.45, 7) is 6.93. The van der Waals surface area contributed by atoms with E-state index in [4.69, 9.17) is 4.74 Å². The average Bonchev–Trinajstić information content (AvgIpc) is 2.49. The lowest BCUT2D eigenvalue weighted by atomic mass is 10.1. The van der Waals surface area contributed by atoms with E-state index in [0.29, 0.717) is 5.92 Å². The van der Waals surface area contributed by atoms with Crippen LogP contribution in [0.2, 0.25) is 0 Å². The van der Waals surface area contributed by atoms with Crippen LogP contribution in [0.3, 0.4) is 0 Å². The number of hydrogen-bond acceptors (Lipinski definition) is 2. The predicted molar refractivity (Wildman–Crippen MR) is 88.4 cm³/mol. The Morgan fingerprint density at radius 1 is 0.905 bits per heavy atom. The lowest BCUT2D eigenvalue weighted by Gasteiger charge is -2.13. The Labute approximate surface area is 128 Å². The molecule has 2 nitrogen and oxygen atoms in total. The van der Waals surface area contributed by atoms with Crippen molar-refractivity contribution in [1.82, 2.24) is 5.32 Å². The molecule has 0 atom stereocenters. The maximum Gasteiger partial charge on any atom is 0.123 e. The Morgan fingerprint density at radius 3 is 2.38 bits per heavy atom. The normalized spacial score (nSPS) is 10.8. The molecule has 21 heavy (non-hydrogen) atoms. The second-order valence-electron chi connectivity index (χ2n) is 5.73. The highest BCUT2D eigenvalue weighted by Crippen LogP contribution is 2.18. The lowest BCUT2D eigenvalue weighted by Crippen LogP contribution is -2.14. The maximum atomic E-state index is 5.91. The van der Waals surface area contributed by atoms with Gasteiger partial charge in [-0.2, -0.15) is 0 Å². The maximum absolute atomic E-state index is 5.91. The molecule has 0 radical (unpaired) electrons. The molecule has 1 N–H and O–H groups in total. The summed E-state index contributed by atoms with van der Waals surface area (Å²) < 4.78 is 5.91. The van der Waals surface area contributed by atoms with Crippen molar-refractivity contribution in [2.24, 2.45) is 5.92 Å². The second-order valence-corrected chi connectivity index (χ2v) is 5.73. The number of nitrogens with one attached hydrogen (secondary N) is 1. The Hall–Kier alpha value is -1.80. The first-order valence-electron chi connectivity index (χ1n) is 7.71. The van der Waals surface area contributed by atoms with E-state index < -0.39 is 0 Å². The average molecular weight is 283 g/mol. The van der Waals surface area contributed by atoms with Crippen LogP contribution in [0.4, 0.5) is 0 Å². The third kappa shape index (κ3) is 5.60. The van der Waals surface area contributed by atoms with Crippen LogP contribution >= 0.6 is 0 Å². The molecule has 0 fully saturated rings. The molecule has 2 heteroatoms. The van der Waals surface area contributed by atoms with Crippen LogP contribution in [0, 0.1) is 5.92 Å². The van der Waals surface area contributed by atoms with Gasteiger partial charge >= 0.3 is 0 Å². The molecular formula is C19H25NO. The Bertz CT molecular complexity index is 522. The van der Waals surface area contributed by atoms with E-state index in [0.717, 1.165) is 31.9 Å². The van der Waals surface area contributed by atoms with Gasteiger partial charge < -0.3 is 10.1 Å². The molecule has 0 aromatic heterocycles. The van der Waals surface area contributed by atoms with Gasteiger partial charge in [-0.15, -0.1) is 0 Å². The minimum Gasteiger partial charge on any atom is -0.493 e. The van der Waals surface area contributed by atoms with Crippen LogP contribution in [0.1, 0.15) is 31.4 Å². The van der Waals surface area contributed by atoms with Gasteiger partial charge in [0.1, 0.15) is 5.75 Å². The zero-order chi connectivity index (χ0) is 14.9. The van der Waals surface area contributed by atoms with E-state index in [1.807, 2.05) is 12.1 Å². The van der Waals surface area contributed by atoms with E-state index in [1.165, 1.54) is 11.1 Å². The summed E-state index contributed by atoms with van der Waals surface area (Å²) in [6, 6.07) is 18.7. The van der Waals surface area contributed by atoms with Gasteiger partial charge in [0.05, 0.1) is 6.61 Å². The van der Waals surface area contributed by atoms with Crippen molar-refractivity contribution in [1.29, 1.82) is 0 Å². The minimum atomic E-state index is 0.674. The zero-order valence-corrected chi connectivity index (χ0v) is 13.0. The molecule has 0 bridgehead atoms. The van der Waals surface area contributed by atoms with Crippen LogP contribution in [0.5, 0.6) is 5.75 Å². The first-order valence-corrected chi connectivity index (χ1v) is 7.71. The van der Waals surface area contributed by atoms with Crippen molar-refractivity contribution in [3.05, 3.63) is 65.7 Å². The molecule has 0 spiro atoms. The van der Waals surface area contributed by atoms with E-state index in [-0.39, 0.29) is 0 Å². The molecular weight excluding hydrogens is 258 g/mol. The largest absolute Gasteiger partial charge is 0.493 e. The SMILES string of the molecule is CC(C)CCOc1ccccc1CNCc1ccccc1. The second kappa shape index (κ2) is 8.48. The van der Waals surface area contributed by atoms with Gasteiger partial charge in [-0.25, -0.2) is 0 Å². The van der Waals surface area contributed by atoms with Gasteiger partial charge in [-0.1, -0.05) is 62.4 Å². The molecule has 0 saturated heterocycles. The predicted octanol–water partition coefficient (Wildman–Crippen LogP) is 4.40. The highest BCUT2D eigenvalue weighted by Gasteiger charge is 2.03. The van der Waals surface area contributed by atoms with E-state index >= 15 is 0 Å². The minimum absolute atomic E-state index is 0.674. The van der Waals surface area contributed by atoms with Crippen molar-refractivity contribution in [2.75, 3.05) is 6.61 Å². The Morgan fingerprint density at radius 2 is 1.62 bits per heavy atom. The van der Waals surface area contributed by atoms with Crippen LogP contribution in [0.25, 0.3) is 0 Å². The monoisotopic (exact) mass is 283 g/mol. The molecule has 112 valence electrons. The van der Waals surface area contributed by atoms with Gasteiger partial charge in [0, 0.05) is 18.7 Å². The van der Waals surface area contributed by atoms with Crippen molar-refractivity contribution in [3.8, 4) is 5.75 Å². The summed E-state index contributed by atoms with van der Waals surface area (Å²) in [5, 5.41) is 3.48. The van der Waals surface area contributed by atoms with Crippen LogP contribution < -0.4 is 10.1 Å². The van der Waals surface area contributed by atoms with E-state index in [9.17, 15) is 0 Å². The molecule has 0 amide bonds. The standard InChI is InChI=1S/C19H25NO/c1-16(2)12-13-21-19-11-7-6-10-18(19)15-20-14-17-8-4-3-5-9-17/h3-11,16,20H,12-15H2,1-2H3. The zero-order valence-electron chi connectivity index (χ0n) is 13.0. The van der Waals surface area contributed by atoms with Crippen molar-refractivity contribution in [2.45, 2.75) is 33.4 Å². The molecule has 2 aromatic rings. The quantitative estimate of drug-likeness (QED) is 0.775. The molecule has 0 aliphatic rings. The first-order chi connectivity index (χ1) is 10.3. The van der Waals surface area contributed by atoms with Crippen LogP contribution in [0.15, 0.2) is 54.6 Å². The molecule has 0 unspecified atom stereocenters. The fraction of sp³-hybridized carbons (Fsp3) is 0.368. The molecule has 0 heterocycles. The summed E-state index contributed by atoms with van der Waals surface area (Å²) in [5.41, 5.74) is 2.52. The highest BCUT2D eigenvalue weighted by molar-refractivity contribution is 5.33.